The molecule has 13 heavy (non-hydrogen) atoms. The maximum atomic E-state index is 4.22. The molecule has 0 aliphatic rings. The van der Waals surface area contributed by atoms with E-state index < -0.39 is 0 Å². The minimum Gasteiger partial charge on any atom is -0.311 e. The van der Waals surface area contributed by atoms with Gasteiger partial charge in [0.2, 0.25) is 0 Å². The molecule has 1 aromatic rings. The van der Waals surface area contributed by atoms with Gasteiger partial charge in [0.15, 0.2) is 0 Å². The van der Waals surface area contributed by atoms with Crippen LogP contribution in [-0.4, -0.2) is 12.0 Å². The summed E-state index contributed by atoms with van der Waals surface area (Å²) in [5, 5.41) is 3.25. The van der Waals surface area contributed by atoms with Gasteiger partial charge in [0.1, 0.15) is 0 Å². The lowest BCUT2D eigenvalue weighted by molar-refractivity contribution is 0.617. The highest BCUT2D eigenvalue weighted by Gasteiger charge is 2.12. The number of hydrogen-bond donors (Lipinski definition) is 1. The summed E-state index contributed by atoms with van der Waals surface area (Å²) in [6, 6.07) is 0.333. The van der Waals surface area contributed by atoms with Crippen LogP contribution < -0.4 is 5.32 Å². The molecule has 0 aliphatic heterocycles. The summed E-state index contributed by atoms with van der Waals surface area (Å²) in [6.45, 7) is 3.90. The van der Waals surface area contributed by atoms with Gasteiger partial charge in [-0.2, -0.15) is 0 Å². The van der Waals surface area contributed by atoms with Gasteiger partial charge in [0.25, 0.3) is 0 Å². The van der Waals surface area contributed by atoms with Crippen LogP contribution in [0.25, 0.3) is 0 Å². The lowest BCUT2D eigenvalue weighted by Crippen LogP contribution is -2.15. The molecule has 1 rings (SSSR count). The van der Waals surface area contributed by atoms with Crippen molar-refractivity contribution in [1.82, 2.24) is 10.3 Å². The van der Waals surface area contributed by atoms with Crippen LogP contribution in [-0.2, 0) is 0 Å². The molecule has 0 bridgehead atoms. The molecule has 0 fully saturated rings. The molecule has 0 saturated carbocycles. The minimum atomic E-state index is 0.333. The van der Waals surface area contributed by atoms with Crippen molar-refractivity contribution in [1.29, 1.82) is 0 Å². The van der Waals surface area contributed by atoms with Crippen LogP contribution in [0.15, 0.2) is 5.51 Å². The van der Waals surface area contributed by atoms with Gasteiger partial charge in [0, 0.05) is 11.3 Å². The molecule has 70 valence electrons. The lowest BCUT2D eigenvalue weighted by Gasteiger charge is -2.11. The second-order valence-corrected chi connectivity index (χ2v) is 3.66. The number of nitrogens with one attached hydrogen (secondary N) is 1. The van der Waals surface area contributed by atoms with Crippen molar-refractivity contribution in [2.45, 2.75) is 26.3 Å². The summed E-state index contributed by atoms with van der Waals surface area (Å²) < 4.78 is 0. The van der Waals surface area contributed by atoms with E-state index in [1.54, 1.807) is 11.3 Å². The summed E-state index contributed by atoms with van der Waals surface area (Å²) in [7, 11) is 1.96. The highest BCUT2D eigenvalue weighted by molar-refractivity contribution is 7.09. The Balaban J connectivity index is 2.76. The predicted molar refractivity (Wildman–Crippen MR) is 56.7 cm³/mol. The first-order chi connectivity index (χ1) is 6.29. The van der Waals surface area contributed by atoms with Crippen molar-refractivity contribution in [3.05, 3.63) is 16.1 Å². The molecular weight excluding hydrogens is 180 g/mol. The Kier molecular flexibility index (Phi) is 3.94. The number of rotatable bonds is 3. The van der Waals surface area contributed by atoms with E-state index in [4.69, 9.17) is 0 Å². The normalized spacial score (nSPS) is 11.9. The minimum absolute atomic E-state index is 0.333. The summed E-state index contributed by atoms with van der Waals surface area (Å²) in [5.74, 6) is 5.99. The monoisotopic (exact) mass is 194 g/mol. The van der Waals surface area contributed by atoms with Crippen molar-refractivity contribution >= 4 is 11.3 Å². The van der Waals surface area contributed by atoms with E-state index >= 15 is 0 Å². The van der Waals surface area contributed by atoms with E-state index in [0.29, 0.717) is 6.04 Å². The van der Waals surface area contributed by atoms with Gasteiger partial charge in [-0.1, -0.05) is 0 Å². The quantitative estimate of drug-likeness (QED) is 0.746. The van der Waals surface area contributed by atoms with E-state index in [1.165, 1.54) is 4.88 Å². The molecule has 0 aliphatic carbocycles. The van der Waals surface area contributed by atoms with Crippen LogP contribution in [0.3, 0.4) is 0 Å². The molecule has 2 nitrogen and oxygen atoms in total. The number of nitrogens with zero attached hydrogens (tertiary/aromatic N) is 1. The average Bonchev–Trinajstić information content (AvgIpc) is 2.54. The van der Waals surface area contributed by atoms with Crippen LogP contribution in [0.5, 0.6) is 0 Å². The van der Waals surface area contributed by atoms with Crippen LogP contribution in [0.4, 0.5) is 0 Å². The average molecular weight is 194 g/mol. The van der Waals surface area contributed by atoms with Gasteiger partial charge < -0.3 is 5.32 Å². The molecule has 1 heterocycles. The zero-order chi connectivity index (χ0) is 9.68. The van der Waals surface area contributed by atoms with Crippen molar-refractivity contribution in [2.24, 2.45) is 0 Å². The maximum Gasteiger partial charge on any atom is 0.0798 e. The molecule has 0 aromatic carbocycles. The lowest BCUT2D eigenvalue weighted by atomic mass is 10.1. The zero-order valence-corrected chi connectivity index (χ0v) is 9.03. The Labute approximate surface area is 83.4 Å². The van der Waals surface area contributed by atoms with Crippen LogP contribution >= 0.6 is 11.3 Å². The van der Waals surface area contributed by atoms with E-state index in [-0.39, 0.29) is 0 Å². The van der Waals surface area contributed by atoms with Crippen LogP contribution in [0, 0.1) is 18.8 Å². The summed E-state index contributed by atoms with van der Waals surface area (Å²) in [6.07, 6.45) is 0.857. The first-order valence-electron chi connectivity index (χ1n) is 4.26. The molecule has 0 spiro atoms. The van der Waals surface area contributed by atoms with Crippen molar-refractivity contribution < 1.29 is 0 Å². The number of hydrogen-bond acceptors (Lipinski definition) is 3. The molecule has 3 heteroatoms. The van der Waals surface area contributed by atoms with Gasteiger partial charge in [-0.05, 0) is 20.9 Å². The summed E-state index contributed by atoms with van der Waals surface area (Å²) in [4.78, 5) is 5.52. The number of thiazole rings is 1. The molecule has 0 amide bonds. The Morgan fingerprint density at radius 3 is 2.92 bits per heavy atom. The smallest absolute Gasteiger partial charge is 0.0798 e. The second-order valence-electron chi connectivity index (χ2n) is 2.77. The fourth-order valence-corrected chi connectivity index (χ4v) is 2.09. The Morgan fingerprint density at radius 2 is 2.46 bits per heavy atom. The Bertz CT molecular complexity index is 319. The third-order valence-corrected chi connectivity index (χ3v) is 2.98. The van der Waals surface area contributed by atoms with E-state index in [1.807, 2.05) is 26.4 Å². The van der Waals surface area contributed by atoms with Crippen LogP contribution in [0.2, 0.25) is 0 Å². The molecule has 1 atom stereocenters. The van der Waals surface area contributed by atoms with Gasteiger partial charge in [-0.15, -0.1) is 23.2 Å². The third kappa shape index (κ3) is 2.55. The largest absolute Gasteiger partial charge is 0.311 e. The van der Waals surface area contributed by atoms with E-state index in [0.717, 1.165) is 12.1 Å². The highest BCUT2D eigenvalue weighted by Crippen LogP contribution is 2.23. The first kappa shape index (κ1) is 10.2. The molecule has 0 radical (unpaired) electrons. The highest BCUT2D eigenvalue weighted by atomic mass is 32.1. The van der Waals surface area contributed by atoms with E-state index in [9.17, 15) is 0 Å². The Morgan fingerprint density at radius 1 is 1.69 bits per heavy atom. The SMILES string of the molecule is CC#CCC(NC)c1scnc1C. The molecular formula is C10H14N2S. The molecule has 1 aromatic heterocycles. The van der Waals surface area contributed by atoms with Crippen molar-refractivity contribution in [3.63, 3.8) is 0 Å². The maximum absolute atomic E-state index is 4.22. The summed E-state index contributed by atoms with van der Waals surface area (Å²) in [5.41, 5.74) is 3.00. The second kappa shape index (κ2) is 5.00. The standard InChI is InChI=1S/C10H14N2S/c1-4-5-6-9(11-3)10-8(2)12-7-13-10/h7,9,11H,6H2,1-3H3. The van der Waals surface area contributed by atoms with Crippen LogP contribution in [0.1, 0.15) is 30.0 Å². The fourth-order valence-electron chi connectivity index (χ4n) is 1.18. The van der Waals surface area contributed by atoms with Gasteiger partial charge in [0.05, 0.1) is 17.2 Å². The molecule has 0 saturated heterocycles. The fraction of sp³-hybridized carbons (Fsp3) is 0.500. The molecule has 1 unspecified atom stereocenters. The zero-order valence-electron chi connectivity index (χ0n) is 8.22. The van der Waals surface area contributed by atoms with Gasteiger partial charge in [-0.3, -0.25) is 0 Å². The number of aromatic nitrogens is 1. The van der Waals surface area contributed by atoms with Crippen molar-refractivity contribution in [2.75, 3.05) is 7.05 Å². The van der Waals surface area contributed by atoms with E-state index in [2.05, 4.69) is 22.1 Å². The first-order valence-corrected chi connectivity index (χ1v) is 5.14. The van der Waals surface area contributed by atoms with Gasteiger partial charge in [-0.25, -0.2) is 4.98 Å². The number of aryl methyl sites for hydroxylation is 1. The van der Waals surface area contributed by atoms with Gasteiger partial charge >= 0.3 is 0 Å². The summed E-state index contributed by atoms with van der Waals surface area (Å²) >= 11 is 1.69. The Hall–Kier alpha value is -0.850. The molecule has 1 N–H and O–H groups in total. The topological polar surface area (TPSA) is 24.9 Å². The third-order valence-electron chi connectivity index (χ3n) is 1.93. The van der Waals surface area contributed by atoms with Crippen molar-refractivity contribution in [3.8, 4) is 11.8 Å². The predicted octanol–water partition coefficient (Wildman–Crippen LogP) is 2.13.